The Hall–Kier alpha value is -10.8. The van der Waals surface area contributed by atoms with Crippen LogP contribution in [0.15, 0.2) is 86.4 Å². The number of hydrogen-bond acceptors (Lipinski definition) is 27. The highest BCUT2D eigenvalue weighted by molar-refractivity contribution is 6.32. The van der Waals surface area contributed by atoms with Crippen LogP contribution in [0.25, 0.3) is 67.3 Å². The lowest BCUT2D eigenvalue weighted by atomic mass is 9.97. The van der Waals surface area contributed by atoms with E-state index in [-0.39, 0.29) is 80.9 Å². The molecule has 4 amide bonds. The van der Waals surface area contributed by atoms with Crippen molar-refractivity contribution < 1.29 is 60.1 Å². The average molecular weight is 1990 g/mol. The van der Waals surface area contributed by atoms with Crippen LogP contribution in [0.4, 0.5) is 59.6 Å². The maximum Gasteiger partial charge on any atom is 0.410 e. The van der Waals surface area contributed by atoms with Crippen molar-refractivity contribution in [2.75, 3.05) is 133 Å². The Morgan fingerprint density at radius 3 is 1.10 bits per heavy atom. The van der Waals surface area contributed by atoms with Gasteiger partial charge in [0.15, 0.2) is 75.0 Å². The van der Waals surface area contributed by atoms with E-state index in [0.29, 0.717) is 151 Å². The fourth-order valence-electron chi connectivity index (χ4n) is 15.2. The van der Waals surface area contributed by atoms with E-state index in [0.717, 1.165) is 143 Å². The Balaban J connectivity index is 0.000000161. The fourth-order valence-corrected chi connectivity index (χ4v) is 16.1. The zero-order valence-corrected chi connectivity index (χ0v) is 81.2. The molecule has 0 radical (unpaired) electrons. The summed E-state index contributed by atoms with van der Waals surface area (Å²) in [6, 6.07) is 5.33. The maximum absolute atomic E-state index is 14.4. The molecule has 10 N–H and O–H groups in total. The van der Waals surface area contributed by atoms with Crippen molar-refractivity contribution >= 4 is 150 Å². The van der Waals surface area contributed by atoms with E-state index in [1.165, 1.54) is 6.20 Å². The van der Waals surface area contributed by atoms with Gasteiger partial charge in [0.05, 0.1) is 59.1 Å². The summed E-state index contributed by atoms with van der Waals surface area (Å²) < 4.78 is 89.8. The lowest BCUT2D eigenvalue weighted by Crippen LogP contribution is -2.44. The number of amides is 4. The normalized spacial score (nSPS) is 17.5. The molecule has 11 aromatic heterocycles. The van der Waals surface area contributed by atoms with E-state index in [9.17, 15) is 41.1 Å². The zero-order chi connectivity index (χ0) is 97.3. The van der Waals surface area contributed by atoms with E-state index < -0.39 is 45.9 Å². The number of H-pyrrole nitrogens is 3. The highest BCUT2D eigenvalue weighted by Crippen LogP contribution is 2.34. The molecular weight excluding hydrogens is 1880 g/mol. The number of hydrogen-bond donors (Lipinski definition) is 9. The molecule has 0 aliphatic carbocycles. The van der Waals surface area contributed by atoms with Crippen molar-refractivity contribution in [2.45, 2.75) is 150 Å². The Kier molecular flexibility index (Phi) is 38.2. The molecule has 5 atom stereocenters. The number of nitrogens with two attached hydrogens (primary N) is 1. The van der Waals surface area contributed by atoms with E-state index in [2.05, 4.69) is 106 Å². The van der Waals surface area contributed by atoms with E-state index in [4.69, 9.17) is 94.3 Å². The monoisotopic (exact) mass is 1990 g/mol. The molecule has 5 aliphatic rings. The number of pyridine rings is 3. The van der Waals surface area contributed by atoms with Gasteiger partial charge in [-0.25, -0.2) is 96.1 Å². The number of piperidine rings is 5. The Morgan fingerprint density at radius 1 is 0.422 bits per heavy atom. The first-order valence-corrected chi connectivity index (χ1v) is 46.6. The van der Waals surface area contributed by atoms with Crippen LogP contribution in [-0.2, 0) is 23.7 Å². The summed E-state index contributed by atoms with van der Waals surface area (Å²) in [5.74, 6) is 0.576. The van der Waals surface area contributed by atoms with Gasteiger partial charge >= 0.3 is 18.3 Å². The number of ether oxygens (including phenoxy) is 4. The van der Waals surface area contributed by atoms with E-state index in [1.807, 2.05) is 67.2 Å². The van der Waals surface area contributed by atoms with Crippen molar-refractivity contribution in [3.63, 3.8) is 0 Å². The fraction of sp³-hybridized carbons (Fsp3) is 0.500. The Bertz CT molecular complexity index is 5790. The van der Waals surface area contributed by atoms with E-state index in [1.54, 1.807) is 77.2 Å². The van der Waals surface area contributed by atoms with Crippen LogP contribution in [-0.4, -0.2) is 252 Å². The number of fused-ring (bicyclic) bond motifs is 3. The first kappa shape index (κ1) is 105. The lowest BCUT2D eigenvalue weighted by Gasteiger charge is -2.34. The summed E-state index contributed by atoms with van der Waals surface area (Å²) in [5, 5.41) is 19.2. The average Bonchev–Trinajstić information content (AvgIpc) is 1.65. The molecule has 5 aliphatic heterocycles. The van der Waals surface area contributed by atoms with Crippen molar-refractivity contribution in [1.82, 2.24) is 105 Å². The van der Waals surface area contributed by atoms with Crippen molar-refractivity contribution in [1.29, 1.82) is 0 Å². The molecule has 16 heterocycles. The van der Waals surface area contributed by atoms with Gasteiger partial charge in [-0.05, 0) is 217 Å². The highest BCUT2D eigenvalue weighted by Gasteiger charge is 2.33. The van der Waals surface area contributed by atoms with Crippen molar-refractivity contribution in [3.05, 3.63) is 146 Å². The first-order chi connectivity index (χ1) is 64.3. The van der Waals surface area contributed by atoms with Gasteiger partial charge in [-0.3, -0.25) is 4.79 Å². The van der Waals surface area contributed by atoms with Crippen LogP contribution < -0.4 is 32.3 Å². The van der Waals surface area contributed by atoms with E-state index >= 15 is 0 Å². The molecule has 4 unspecified atom stereocenters. The molecule has 45 heteroatoms. The third kappa shape index (κ3) is 32.2. The molecule has 5 saturated heterocycles. The van der Waals surface area contributed by atoms with Crippen LogP contribution >= 0.6 is 69.6 Å². The number of nitrogens with one attached hydrogen (secondary N) is 8. The van der Waals surface area contributed by atoms with Gasteiger partial charge in [-0.15, -0.1) is 0 Å². The smallest absolute Gasteiger partial charge is 0.410 e. The number of halogens is 11. The maximum atomic E-state index is 14.4. The molecule has 728 valence electrons. The number of nitrogens with zero attached hydrogens (tertiary/aromatic N) is 17. The summed E-state index contributed by atoms with van der Waals surface area (Å²) in [6.07, 6.45) is 24.8. The minimum atomic E-state index is -0.666. The Labute approximate surface area is 808 Å². The topological polar surface area (TPSA) is 419 Å². The SMILES string of the molecule is CC(C)(C)OC(=O)N1CCCC(CNc2nc(-c3c[nH]c4ncc(Cl)cc34)ncc2F)C1.CC(C)(C)OC(=O)N1CCCC(CNc2nc(Cl)ncc2F)C1.CC(C)(C)OC(=O)N1CCC[C@H](CN)C1.COCCC(=O)N1CCCC(CNc2nc(-c3c[nH]c4ncc(Cl)cc34)ncc2F)C1.Fc1cnc(-c2c[nH]c3ncc(Cl)cc23)nc1NCC1CCCNC1.Fc1cnc(Cl)nc1Cl. The summed E-state index contributed by atoms with van der Waals surface area (Å²) in [6.45, 7) is 27.4. The number of likely N-dealkylation sites (tertiary alicyclic amines) is 4. The van der Waals surface area contributed by atoms with Gasteiger partial charge in [0, 0.05) is 156 Å². The number of aromatic nitrogens is 16. The minimum absolute atomic E-state index is 0.00655. The number of rotatable bonds is 19. The number of carbonyl (C=O) groups is 4. The third-order valence-electron chi connectivity index (χ3n) is 21.7. The zero-order valence-electron chi connectivity index (χ0n) is 76.7. The number of aromatic amines is 3. The second kappa shape index (κ2) is 49.3. The van der Waals surface area contributed by atoms with Gasteiger partial charge < -0.3 is 85.8 Å². The van der Waals surface area contributed by atoms with Gasteiger partial charge in [0.1, 0.15) is 33.7 Å². The number of methoxy groups -OCH3 is 1. The van der Waals surface area contributed by atoms with Crippen LogP contribution in [0.5, 0.6) is 0 Å². The highest BCUT2D eigenvalue weighted by atomic mass is 35.5. The molecule has 0 spiro atoms. The van der Waals surface area contributed by atoms with Crippen LogP contribution in [0.3, 0.4) is 0 Å². The lowest BCUT2D eigenvalue weighted by molar-refractivity contribution is -0.133. The molecular formula is C90H113Cl6F5N26O8. The molecule has 34 nitrogen and oxygen atoms in total. The van der Waals surface area contributed by atoms with Crippen molar-refractivity contribution in [3.8, 4) is 34.2 Å². The number of carbonyl (C=O) groups excluding carboxylic acids is 4. The quantitative estimate of drug-likeness (QED) is 0.0157. The minimum Gasteiger partial charge on any atom is -0.444 e. The largest absolute Gasteiger partial charge is 0.444 e. The van der Waals surface area contributed by atoms with Gasteiger partial charge in [0.25, 0.3) is 0 Å². The molecule has 0 bridgehead atoms. The summed E-state index contributed by atoms with van der Waals surface area (Å²) in [4.78, 5) is 117. The van der Waals surface area contributed by atoms with Gasteiger partial charge in [0.2, 0.25) is 16.5 Å². The standard InChI is InChI=1S/C22H26ClFN6O2.C21H24ClFN6O2.C17H18ClFN6.C15H22ClFN4O2.C11H22N2O2.C4HCl2FN2/c1-22(2,3)32-21(31)30-6-4-5-13(12-30)8-25-20-17(24)11-28-19(29-20)16-10-27-18-15(16)7-14(23)9-26-18;1-31-6-4-18(30)29-5-2-3-13(12-29)8-24-21-17(23)11-27-20(28-21)16-10-26-19-15(16)7-14(22)9-25-19;18-11-4-12-13(8-23-15(12)22-7-11)16-24-9-14(19)17(25-16)21-6-10-2-1-3-20-5-10;1-15(2,3)23-14(22)21-6-4-5-10(9-21)7-18-12-11(17)8-19-13(16)20-12;1-11(2,3)15-10(14)13-6-4-5-9(7-12)8-13;5-3-2(7)1-8-4(6)9-3/h7,9-11,13H,4-6,8,12H2,1-3H3,(H,26,27)(H,25,28,29);7,9-11,13H,2-6,8,12H2,1H3,(H,25,26)(H,24,27,28);4,7-10,20H,1-3,5-6H2,(H,22,23)(H,21,24,25);8,10H,4-7,9H2,1-3H3,(H,18,19,20);9H,4-8,12H2,1-3H3;1H/t;;;;9-;/m....1./s1. The molecule has 16 rings (SSSR count). The van der Waals surface area contributed by atoms with Crippen LogP contribution in [0.1, 0.15) is 133 Å². The van der Waals surface area contributed by atoms with Gasteiger partial charge in [-0.2, -0.15) is 4.98 Å². The summed E-state index contributed by atoms with van der Waals surface area (Å²) in [5.41, 5.74) is 8.28. The predicted molar refractivity (Wildman–Crippen MR) is 511 cm³/mol. The molecule has 0 aromatic carbocycles. The first-order valence-electron chi connectivity index (χ1n) is 44.4. The molecule has 11 aromatic rings. The molecule has 0 saturated carbocycles. The predicted octanol–water partition coefficient (Wildman–Crippen LogP) is 18.4. The summed E-state index contributed by atoms with van der Waals surface area (Å²) in [7, 11) is 1.59. The number of anilines is 4. The second-order valence-corrected chi connectivity index (χ2v) is 38.2. The Morgan fingerprint density at radius 2 is 0.748 bits per heavy atom. The van der Waals surface area contributed by atoms with Crippen LogP contribution in [0, 0.1) is 58.7 Å². The van der Waals surface area contributed by atoms with Crippen LogP contribution in [0.2, 0.25) is 30.8 Å². The molecule has 135 heavy (non-hydrogen) atoms. The molecule has 5 fully saturated rings. The van der Waals surface area contributed by atoms with Gasteiger partial charge in [-0.1, -0.05) is 46.4 Å². The summed E-state index contributed by atoms with van der Waals surface area (Å²) >= 11 is 34.3. The van der Waals surface area contributed by atoms with Crippen molar-refractivity contribution in [2.24, 2.45) is 35.3 Å². The third-order valence-corrected chi connectivity index (χ3v) is 23.0. The second-order valence-electron chi connectivity index (χ2n) is 35.9.